The summed E-state index contributed by atoms with van der Waals surface area (Å²) >= 11 is 0. The Hall–Kier alpha value is -2.90. The predicted molar refractivity (Wildman–Crippen MR) is 105 cm³/mol. The highest BCUT2D eigenvalue weighted by atomic mass is 16.5. The van der Waals surface area contributed by atoms with E-state index in [0.29, 0.717) is 37.3 Å². The Morgan fingerprint density at radius 1 is 1.36 bits per heavy atom. The van der Waals surface area contributed by atoms with Gasteiger partial charge in [0.05, 0.1) is 29.8 Å². The summed E-state index contributed by atoms with van der Waals surface area (Å²) in [6, 6.07) is 7.96. The van der Waals surface area contributed by atoms with E-state index in [1.54, 1.807) is 6.33 Å². The van der Waals surface area contributed by atoms with Crippen LogP contribution in [0.2, 0.25) is 0 Å². The SMILES string of the molecule is CC(C)CNC(=O)N1CCCC(c2nc(Cn3cnc4ccccc43)no2)C1. The maximum atomic E-state index is 12.4. The summed E-state index contributed by atoms with van der Waals surface area (Å²) in [5.41, 5.74) is 1.99. The second-order valence-electron chi connectivity index (χ2n) is 7.78. The van der Waals surface area contributed by atoms with Crippen LogP contribution >= 0.6 is 0 Å². The fourth-order valence-electron chi connectivity index (χ4n) is 3.55. The average molecular weight is 382 g/mol. The summed E-state index contributed by atoms with van der Waals surface area (Å²) in [5.74, 6) is 1.75. The highest BCUT2D eigenvalue weighted by Gasteiger charge is 2.28. The van der Waals surface area contributed by atoms with Crippen LogP contribution in [-0.4, -0.2) is 50.3 Å². The van der Waals surface area contributed by atoms with Gasteiger partial charge in [0.25, 0.3) is 0 Å². The van der Waals surface area contributed by atoms with Gasteiger partial charge in [-0.05, 0) is 30.9 Å². The number of nitrogens with zero attached hydrogens (tertiary/aromatic N) is 5. The molecule has 1 fully saturated rings. The number of likely N-dealkylation sites (tertiary alicyclic amines) is 1. The number of fused-ring (bicyclic) bond motifs is 1. The number of amides is 2. The summed E-state index contributed by atoms with van der Waals surface area (Å²) in [6.45, 7) is 6.74. The minimum absolute atomic E-state index is 0.0111. The van der Waals surface area contributed by atoms with Gasteiger partial charge in [-0.15, -0.1) is 0 Å². The molecule has 1 aromatic carbocycles. The number of carbonyl (C=O) groups excluding carboxylic acids is 1. The smallest absolute Gasteiger partial charge is 0.317 e. The van der Waals surface area contributed by atoms with Crippen LogP contribution in [0.3, 0.4) is 0 Å². The first-order valence-electron chi connectivity index (χ1n) is 9.85. The van der Waals surface area contributed by atoms with Crippen LogP contribution in [0, 0.1) is 5.92 Å². The van der Waals surface area contributed by atoms with E-state index >= 15 is 0 Å². The lowest BCUT2D eigenvalue weighted by molar-refractivity contribution is 0.171. The Morgan fingerprint density at radius 3 is 3.07 bits per heavy atom. The Labute approximate surface area is 163 Å². The zero-order valence-corrected chi connectivity index (χ0v) is 16.3. The maximum Gasteiger partial charge on any atom is 0.317 e. The molecule has 28 heavy (non-hydrogen) atoms. The van der Waals surface area contributed by atoms with Crippen molar-refractivity contribution in [2.75, 3.05) is 19.6 Å². The summed E-state index contributed by atoms with van der Waals surface area (Å²) < 4.78 is 7.55. The van der Waals surface area contributed by atoms with E-state index in [-0.39, 0.29) is 11.9 Å². The predicted octanol–water partition coefficient (Wildman–Crippen LogP) is 3.01. The summed E-state index contributed by atoms with van der Waals surface area (Å²) in [7, 11) is 0. The second-order valence-corrected chi connectivity index (χ2v) is 7.78. The number of piperidine rings is 1. The number of carbonyl (C=O) groups is 1. The molecule has 8 heteroatoms. The fourth-order valence-corrected chi connectivity index (χ4v) is 3.55. The molecule has 1 saturated heterocycles. The first-order chi connectivity index (χ1) is 13.6. The van der Waals surface area contributed by atoms with Crippen molar-refractivity contribution in [1.29, 1.82) is 0 Å². The van der Waals surface area contributed by atoms with E-state index in [1.165, 1.54) is 0 Å². The average Bonchev–Trinajstić information content (AvgIpc) is 3.34. The third-order valence-corrected chi connectivity index (χ3v) is 5.04. The third kappa shape index (κ3) is 4.00. The Bertz CT molecular complexity index is 947. The van der Waals surface area contributed by atoms with Crippen molar-refractivity contribution in [2.24, 2.45) is 5.92 Å². The van der Waals surface area contributed by atoms with Crippen molar-refractivity contribution in [3.63, 3.8) is 0 Å². The number of urea groups is 1. The molecule has 8 nitrogen and oxygen atoms in total. The number of benzene rings is 1. The molecule has 1 atom stereocenters. The number of aromatic nitrogens is 4. The monoisotopic (exact) mass is 382 g/mol. The molecule has 148 valence electrons. The molecule has 1 unspecified atom stereocenters. The zero-order chi connectivity index (χ0) is 19.5. The van der Waals surface area contributed by atoms with E-state index in [4.69, 9.17) is 4.52 Å². The van der Waals surface area contributed by atoms with Crippen LogP contribution in [-0.2, 0) is 6.54 Å². The fraction of sp³-hybridized carbons (Fsp3) is 0.500. The highest BCUT2D eigenvalue weighted by Crippen LogP contribution is 2.26. The van der Waals surface area contributed by atoms with E-state index in [0.717, 1.165) is 30.4 Å². The largest absolute Gasteiger partial charge is 0.339 e. The zero-order valence-electron chi connectivity index (χ0n) is 16.3. The van der Waals surface area contributed by atoms with Gasteiger partial charge in [-0.25, -0.2) is 9.78 Å². The van der Waals surface area contributed by atoms with Crippen molar-refractivity contribution < 1.29 is 9.32 Å². The molecular formula is C20H26N6O2. The van der Waals surface area contributed by atoms with E-state index in [2.05, 4.69) is 34.3 Å². The van der Waals surface area contributed by atoms with Crippen LogP contribution in [0.5, 0.6) is 0 Å². The van der Waals surface area contributed by atoms with Crippen LogP contribution < -0.4 is 5.32 Å². The number of nitrogens with one attached hydrogen (secondary N) is 1. The van der Waals surface area contributed by atoms with Crippen LogP contribution in [0.15, 0.2) is 35.1 Å². The molecule has 3 aromatic rings. The lowest BCUT2D eigenvalue weighted by atomic mass is 9.98. The van der Waals surface area contributed by atoms with Crippen LogP contribution in [0.1, 0.15) is 44.3 Å². The maximum absolute atomic E-state index is 12.4. The van der Waals surface area contributed by atoms with Crippen LogP contribution in [0.4, 0.5) is 4.79 Å². The molecule has 0 saturated carbocycles. The van der Waals surface area contributed by atoms with Gasteiger partial charge in [-0.3, -0.25) is 0 Å². The summed E-state index contributed by atoms with van der Waals surface area (Å²) in [6.07, 6.45) is 3.68. The Balaban J connectivity index is 1.41. The summed E-state index contributed by atoms with van der Waals surface area (Å²) in [5, 5.41) is 7.13. The molecule has 3 heterocycles. The molecule has 1 aliphatic rings. The van der Waals surface area contributed by atoms with Gasteiger partial charge < -0.3 is 19.3 Å². The Morgan fingerprint density at radius 2 is 2.21 bits per heavy atom. The van der Waals surface area contributed by atoms with Gasteiger partial charge in [-0.1, -0.05) is 31.1 Å². The first kappa shape index (κ1) is 18.5. The van der Waals surface area contributed by atoms with Crippen LogP contribution in [0.25, 0.3) is 11.0 Å². The molecule has 0 spiro atoms. The van der Waals surface area contributed by atoms with Crippen molar-refractivity contribution in [1.82, 2.24) is 29.9 Å². The molecule has 0 radical (unpaired) electrons. The first-order valence-corrected chi connectivity index (χ1v) is 9.85. The normalized spacial score (nSPS) is 17.4. The molecule has 0 bridgehead atoms. The van der Waals surface area contributed by atoms with Gasteiger partial charge in [-0.2, -0.15) is 4.98 Å². The van der Waals surface area contributed by atoms with Crippen molar-refractivity contribution in [2.45, 2.75) is 39.2 Å². The number of rotatable bonds is 5. The minimum atomic E-state index is -0.0111. The standard InChI is InChI=1S/C20H26N6O2/c1-14(2)10-21-20(27)25-9-5-6-15(11-25)19-23-18(24-28-19)12-26-13-22-16-7-3-4-8-17(16)26/h3-4,7-8,13-15H,5-6,9-12H2,1-2H3,(H,21,27). The number of hydrogen-bond acceptors (Lipinski definition) is 5. The van der Waals surface area contributed by atoms with Crippen molar-refractivity contribution in [3.8, 4) is 0 Å². The van der Waals surface area contributed by atoms with Gasteiger partial charge in [0.15, 0.2) is 5.82 Å². The minimum Gasteiger partial charge on any atom is -0.339 e. The quantitative estimate of drug-likeness (QED) is 0.733. The number of para-hydroxylation sites is 2. The summed E-state index contributed by atoms with van der Waals surface area (Å²) in [4.78, 5) is 23.2. The molecular weight excluding hydrogens is 356 g/mol. The van der Waals surface area contributed by atoms with E-state index in [1.807, 2.05) is 33.7 Å². The van der Waals surface area contributed by atoms with Gasteiger partial charge in [0.2, 0.25) is 5.89 Å². The molecule has 4 rings (SSSR count). The second kappa shape index (κ2) is 8.00. The lowest BCUT2D eigenvalue weighted by Crippen LogP contribution is -2.45. The number of imidazole rings is 1. The molecule has 0 aliphatic carbocycles. The lowest BCUT2D eigenvalue weighted by Gasteiger charge is -2.31. The van der Waals surface area contributed by atoms with Gasteiger partial charge in [0, 0.05) is 19.6 Å². The topological polar surface area (TPSA) is 89.1 Å². The third-order valence-electron chi connectivity index (χ3n) is 5.04. The molecule has 2 amide bonds. The van der Waals surface area contributed by atoms with Gasteiger partial charge in [0.1, 0.15) is 0 Å². The van der Waals surface area contributed by atoms with E-state index in [9.17, 15) is 4.79 Å². The molecule has 1 aliphatic heterocycles. The highest BCUT2D eigenvalue weighted by molar-refractivity contribution is 5.75. The van der Waals surface area contributed by atoms with E-state index < -0.39 is 0 Å². The molecule has 1 N–H and O–H groups in total. The van der Waals surface area contributed by atoms with Gasteiger partial charge >= 0.3 is 6.03 Å². The van der Waals surface area contributed by atoms with Crippen molar-refractivity contribution >= 4 is 17.1 Å². The molecule has 2 aromatic heterocycles. The number of hydrogen-bond donors (Lipinski definition) is 1. The Kier molecular flexibility index (Phi) is 5.27. The van der Waals surface area contributed by atoms with Crippen molar-refractivity contribution in [3.05, 3.63) is 42.3 Å².